The predicted octanol–water partition coefficient (Wildman–Crippen LogP) is 3.39. The molecule has 0 aliphatic heterocycles. The van der Waals surface area contributed by atoms with Gasteiger partial charge >= 0.3 is 0 Å². The molecule has 0 aromatic rings. The molecule has 2 bridgehead atoms. The van der Waals surface area contributed by atoms with Gasteiger partial charge in [0, 0.05) is 6.04 Å². The molecule has 0 amide bonds. The number of hydrazine groups is 1. The maximum Gasteiger partial charge on any atom is 0.0453 e. The predicted molar refractivity (Wildman–Crippen MR) is 78.2 cm³/mol. The van der Waals surface area contributed by atoms with Gasteiger partial charge in [-0.3, -0.25) is 11.3 Å². The highest BCUT2D eigenvalue weighted by Crippen LogP contribution is 2.70. The van der Waals surface area contributed by atoms with Crippen molar-refractivity contribution in [3.63, 3.8) is 0 Å². The highest BCUT2D eigenvalue weighted by Gasteiger charge is 2.66. The number of hydrogen-bond donors (Lipinski definition) is 2. The maximum absolute atomic E-state index is 5.96. The summed E-state index contributed by atoms with van der Waals surface area (Å²) in [6.45, 7) is 0. The van der Waals surface area contributed by atoms with Gasteiger partial charge in [0.15, 0.2) is 0 Å². The molecule has 4 aliphatic carbocycles. The molecular weight excluding hydrogens is 232 g/mol. The lowest BCUT2D eigenvalue weighted by molar-refractivity contribution is 0.386. The van der Waals surface area contributed by atoms with Gasteiger partial charge in [-0.05, 0) is 74.5 Å². The summed E-state index contributed by atoms with van der Waals surface area (Å²) in [6, 6.07) is 0.511. The van der Waals surface area contributed by atoms with Gasteiger partial charge in [-0.1, -0.05) is 24.5 Å². The van der Waals surface area contributed by atoms with Gasteiger partial charge in [0.2, 0.25) is 0 Å². The fraction of sp³-hybridized carbons (Fsp3) is 0.882. The Labute approximate surface area is 117 Å². The number of rotatable bonds is 3. The second-order valence-electron chi connectivity index (χ2n) is 7.44. The molecule has 4 aliphatic rings. The molecule has 19 heavy (non-hydrogen) atoms. The van der Waals surface area contributed by atoms with Gasteiger partial charge in [-0.15, -0.1) is 0 Å². The summed E-state index contributed by atoms with van der Waals surface area (Å²) >= 11 is 0. The lowest BCUT2D eigenvalue weighted by atomic mass is 9.88. The first kappa shape index (κ1) is 12.4. The van der Waals surface area contributed by atoms with Crippen LogP contribution in [0.25, 0.3) is 0 Å². The summed E-state index contributed by atoms with van der Waals surface area (Å²) in [5, 5.41) is 0. The minimum absolute atomic E-state index is 0.511. The summed E-state index contributed by atoms with van der Waals surface area (Å²) in [6.07, 6.45) is 15.3. The molecule has 3 N–H and O–H groups in total. The van der Waals surface area contributed by atoms with Crippen LogP contribution < -0.4 is 11.3 Å². The topological polar surface area (TPSA) is 38.0 Å². The molecule has 2 nitrogen and oxygen atoms in total. The van der Waals surface area contributed by atoms with E-state index in [4.69, 9.17) is 5.84 Å². The van der Waals surface area contributed by atoms with E-state index in [1.165, 1.54) is 51.4 Å². The van der Waals surface area contributed by atoms with Gasteiger partial charge in [-0.2, -0.15) is 0 Å². The SMILES string of the molecule is NNC(C1=CCCCCCC1)C1C2C3CCC(C3)C21. The second-order valence-corrected chi connectivity index (χ2v) is 7.44. The Morgan fingerprint density at radius 2 is 1.79 bits per heavy atom. The Kier molecular flexibility index (Phi) is 3.19. The highest BCUT2D eigenvalue weighted by atomic mass is 15.2. The molecule has 2 heteroatoms. The van der Waals surface area contributed by atoms with Crippen molar-refractivity contribution in [1.29, 1.82) is 0 Å². The molecule has 5 unspecified atom stereocenters. The lowest BCUT2D eigenvalue weighted by Gasteiger charge is -2.24. The molecule has 106 valence electrons. The van der Waals surface area contributed by atoms with Crippen LogP contribution in [-0.2, 0) is 0 Å². The summed E-state index contributed by atoms with van der Waals surface area (Å²) < 4.78 is 0. The van der Waals surface area contributed by atoms with Crippen LogP contribution in [0.15, 0.2) is 11.6 Å². The molecule has 0 saturated heterocycles. The number of nitrogens with two attached hydrogens (primary N) is 1. The van der Waals surface area contributed by atoms with Crippen molar-refractivity contribution in [1.82, 2.24) is 5.43 Å². The van der Waals surface area contributed by atoms with Gasteiger partial charge in [0.1, 0.15) is 0 Å². The van der Waals surface area contributed by atoms with Crippen molar-refractivity contribution < 1.29 is 0 Å². The van der Waals surface area contributed by atoms with Crippen LogP contribution in [0.1, 0.15) is 57.8 Å². The Morgan fingerprint density at radius 1 is 1.05 bits per heavy atom. The molecule has 3 saturated carbocycles. The molecule has 3 fully saturated rings. The second kappa shape index (κ2) is 4.89. The molecule has 5 atom stereocenters. The normalized spacial score (nSPS) is 46.2. The van der Waals surface area contributed by atoms with E-state index in [9.17, 15) is 0 Å². The molecule has 0 aromatic carbocycles. The van der Waals surface area contributed by atoms with Crippen LogP contribution in [0.4, 0.5) is 0 Å². The van der Waals surface area contributed by atoms with E-state index in [0.29, 0.717) is 6.04 Å². The minimum Gasteiger partial charge on any atom is -0.271 e. The Morgan fingerprint density at radius 3 is 2.53 bits per heavy atom. The molecule has 4 rings (SSSR count). The zero-order valence-corrected chi connectivity index (χ0v) is 12.0. The first-order valence-corrected chi connectivity index (χ1v) is 8.55. The van der Waals surface area contributed by atoms with E-state index in [1.807, 2.05) is 0 Å². The van der Waals surface area contributed by atoms with E-state index in [1.54, 1.807) is 12.0 Å². The maximum atomic E-state index is 5.96. The number of allylic oxidation sites excluding steroid dienone is 1. The first-order chi connectivity index (χ1) is 9.40. The standard InChI is InChI=1S/C17H28N2/c18-19-17(11-6-4-2-1-3-5-7-11)16-14-12-8-9-13(10-12)15(14)16/h6,12-17,19H,1-5,7-10,18H2. The van der Waals surface area contributed by atoms with Crippen LogP contribution in [0.5, 0.6) is 0 Å². The summed E-state index contributed by atoms with van der Waals surface area (Å²) in [7, 11) is 0. The molecule has 0 spiro atoms. The largest absolute Gasteiger partial charge is 0.271 e. The summed E-state index contributed by atoms with van der Waals surface area (Å²) in [5.74, 6) is 11.0. The average molecular weight is 260 g/mol. The van der Waals surface area contributed by atoms with Crippen molar-refractivity contribution in [2.75, 3.05) is 0 Å². The van der Waals surface area contributed by atoms with Gasteiger partial charge < -0.3 is 0 Å². The van der Waals surface area contributed by atoms with Crippen LogP contribution in [0.2, 0.25) is 0 Å². The van der Waals surface area contributed by atoms with Crippen LogP contribution >= 0.6 is 0 Å². The quantitative estimate of drug-likeness (QED) is 0.464. The third kappa shape index (κ3) is 1.99. The van der Waals surface area contributed by atoms with Crippen molar-refractivity contribution in [2.24, 2.45) is 35.4 Å². The van der Waals surface area contributed by atoms with E-state index in [-0.39, 0.29) is 0 Å². The Bertz CT molecular complexity index is 359. The van der Waals surface area contributed by atoms with Crippen molar-refractivity contribution in [3.8, 4) is 0 Å². The summed E-state index contributed by atoms with van der Waals surface area (Å²) in [5.41, 5.74) is 4.86. The minimum atomic E-state index is 0.511. The van der Waals surface area contributed by atoms with E-state index < -0.39 is 0 Å². The Hall–Kier alpha value is -0.340. The van der Waals surface area contributed by atoms with Crippen molar-refractivity contribution >= 4 is 0 Å². The van der Waals surface area contributed by atoms with E-state index >= 15 is 0 Å². The van der Waals surface area contributed by atoms with Crippen molar-refractivity contribution in [2.45, 2.75) is 63.8 Å². The van der Waals surface area contributed by atoms with Crippen molar-refractivity contribution in [3.05, 3.63) is 11.6 Å². The fourth-order valence-corrected chi connectivity index (χ4v) is 5.80. The summed E-state index contributed by atoms with van der Waals surface area (Å²) in [4.78, 5) is 0. The first-order valence-electron chi connectivity index (χ1n) is 8.55. The smallest absolute Gasteiger partial charge is 0.0453 e. The molecule has 0 radical (unpaired) electrons. The van der Waals surface area contributed by atoms with Gasteiger partial charge in [0.25, 0.3) is 0 Å². The molecule has 0 aromatic heterocycles. The number of hydrogen-bond acceptors (Lipinski definition) is 2. The van der Waals surface area contributed by atoms with E-state index in [0.717, 1.165) is 29.6 Å². The van der Waals surface area contributed by atoms with E-state index in [2.05, 4.69) is 11.5 Å². The van der Waals surface area contributed by atoms with Gasteiger partial charge in [-0.25, -0.2) is 0 Å². The third-order valence-electron chi connectivity index (χ3n) is 6.58. The zero-order valence-electron chi connectivity index (χ0n) is 12.0. The Balaban J connectivity index is 1.49. The van der Waals surface area contributed by atoms with Crippen LogP contribution in [0, 0.1) is 29.6 Å². The van der Waals surface area contributed by atoms with Gasteiger partial charge in [0.05, 0.1) is 0 Å². The third-order valence-corrected chi connectivity index (χ3v) is 6.58. The number of nitrogens with one attached hydrogen (secondary N) is 1. The lowest BCUT2D eigenvalue weighted by Crippen LogP contribution is -2.40. The monoisotopic (exact) mass is 260 g/mol. The number of fused-ring (bicyclic) bond motifs is 5. The molecular formula is C17H28N2. The molecule has 0 heterocycles. The highest BCUT2D eigenvalue weighted by molar-refractivity contribution is 5.24. The zero-order chi connectivity index (χ0) is 12.8. The van der Waals surface area contributed by atoms with Crippen LogP contribution in [0.3, 0.4) is 0 Å². The fourth-order valence-electron chi connectivity index (χ4n) is 5.80. The average Bonchev–Trinajstić information content (AvgIpc) is 2.79. The van der Waals surface area contributed by atoms with Crippen LogP contribution in [-0.4, -0.2) is 6.04 Å².